The Morgan fingerprint density at radius 2 is 0.766 bits per heavy atom. The van der Waals surface area contributed by atoms with Gasteiger partial charge in [0.1, 0.15) is 17.2 Å². The normalized spacial score (nSPS) is 11.7. The molecule has 258 valence electrons. The average Bonchev–Trinajstić information content (AvgIpc) is 2.92. The Bertz CT molecular complexity index is 1530. The molecule has 0 amide bonds. The molecule has 0 heterocycles. The topological polar surface area (TPSA) is 60.7 Å². The zero-order chi connectivity index (χ0) is 36.5. The number of aryl methyl sites for hydroxylation is 4. The summed E-state index contributed by atoms with van der Waals surface area (Å²) in [4.78, 5) is 0. The van der Waals surface area contributed by atoms with Crippen LogP contribution < -0.4 is 0 Å². The lowest BCUT2D eigenvalue weighted by atomic mass is 9.85. The van der Waals surface area contributed by atoms with Crippen molar-refractivity contribution in [2.24, 2.45) is 0 Å². The van der Waals surface area contributed by atoms with Crippen LogP contribution in [0.4, 0.5) is 0 Å². The van der Waals surface area contributed by atoms with Crippen molar-refractivity contribution in [3.05, 3.63) is 123 Å². The van der Waals surface area contributed by atoms with E-state index in [-0.39, 0.29) is 21.7 Å². The number of phenolic OH excluding ortho intramolecular Hbond substituents is 3. The number of rotatable bonds is 0. The van der Waals surface area contributed by atoms with E-state index in [0.29, 0.717) is 17.2 Å². The van der Waals surface area contributed by atoms with E-state index in [2.05, 4.69) is 126 Å². The maximum Gasteiger partial charge on any atom is 0.121 e. The molecule has 4 rings (SSSR count). The SMILES string of the molecule is CC(C)(C)c1ccc(O)cc1.Cc1cc(C(C)(C)C)cc(C)c1O.Cc1cc(C(C)(C)C)ccc1O.Cc1cccc(C(C)(C)C)c1. The van der Waals surface area contributed by atoms with E-state index in [1.807, 2.05) is 45.0 Å². The molecule has 3 N–H and O–H groups in total. The van der Waals surface area contributed by atoms with E-state index in [1.165, 1.54) is 27.8 Å². The highest BCUT2D eigenvalue weighted by Crippen LogP contribution is 2.30. The molecule has 0 aliphatic carbocycles. The molecule has 0 saturated heterocycles. The molecule has 3 heteroatoms. The smallest absolute Gasteiger partial charge is 0.121 e. The highest BCUT2D eigenvalue weighted by Gasteiger charge is 2.16. The van der Waals surface area contributed by atoms with Gasteiger partial charge < -0.3 is 15.3 Å². The van der Waals surface area contributed by atoms with Gasteiger partial charge in [-0.05, 0) is 106 Å². The molecule has 0 atom stereocenters. The third-order valence-corrected chi connectivity index (χ3v) is 8.04. The van der Waals surface area contributed by atoms with Crippen molar-refractivity contribution in [3.63, 3.8) is 0 Å². The predicted molar refractivity (Wildman–Crippen MR) is 205 cm³/mol. The molecular weight excluding hydrogens is 576 g/mol. The van der Waals surface area contributed by atoms with Crippen LogP contribution in [0.15, 0.2) is 78.9 Å². The van der Waals surface area contributed by atoms with Gasteiger partial charge in [-0.2, -0.15) is 0 Å². The Morgan fingerprint density at radius 1 is 0.383 bits per heavy atom. The maximum absolute atomic E-state index is 9.60. The summed E-state index contributed by atoms with van der Waals surface area (Å²) >= 11 is 0. The fourth-order valence-electron chi connectivity index (χ4n) is 4.58. The van der Waals surface area contributed by atoms with Gasteiger partial charge in [-0.15, -0.1) is 0 Å². The molecule has 0 radical (unpaired) electrons. The average molecular weight is 641 g/mol. The molecule has 0 unspecified atom stereocenters. The van der Waals surface area contributed by atoms with Gasteiger partial charge in [0, 0.05) is 0 Å². The van der Waals surface area contributed by atoms with Gasteiger partial charge in [-0.25, -0.2) is 0 Å². The zero-order valence-electron chi connectivity index (χ0n) is 32.3. The number of phenols is 3. The van der Waals surface area contributed by atoms with Crippen molar-refractivity contribution in [3.8, 4) is 17.2 Å². The second kappa shape index (κ2) is 16.4. The molecule has 47 heavy (non-hydrogen) atoms. The molecule has 0 spiro atoms. The molecule has 4 aromatic carbocycles. The first-order valence-electron chi connectivity index (χ1n) is 16.7. The van der Waals surface area contributed by atoms with E-state index >= 15 is 0 Å². The van der Waals surface area contributed by atoms with Crippen molar-refractivity contribution in [1.29, 1.82) is 0 Å². The minimum absolute atomic E-state index is 0.156. The van der Waals surface area contributed by atoms with E-state index in [4.69, 9.17) is 5.11 Å². The summed E-state index contributed by atoms with van der Waals surface area (Å²) in [6.45, 7) is 34.1. The van der Waals surface area contributed by atoms with Gasteiger partial charge in [-0.1, -0.05) is 149 Å². The Morgan fingerprint density at radius 3 is 1.13 bits per heavy atom. The molecule has 0 aromatic heterocycles. The molecule has 0 aliphatic rings. The number of hydrogen-bond acceptors (Lipinski definition) is 3. The molecule has 0 aliphatic heterocycles. The minimum atomic E-state index is 0.156. The quantitative estimate of drug-likeness (QED) is 0.179. The largest absolute Gasteiger partial charge is 0.508 e. The van der Waals surface area contributed by atoms with Crippen molar-refractivity contribution in [2.75, 3.05) is 0 Å². The lowest BCUT2D eigenvalue weighted by Gasteiger charge is -2.20. The van der Waals surface area contributed by atoms with E-state index in [0.717, 1.165) is 16.7 Å². The van der Waals surface area contributed by atoms with Crippen molar-refractivity contribution < 1.29 is 15.3 Å². The van der Waals surface area contributed by atoms with Crippen LogP contribution in [0, 0.1) is 27.7 Å². The third-order valence-electron chi connectivity index (χ3n) is 8.04. The maximum atomic E-state index is 9.60. The fraction of sp³-hybridized carbons (Fsp3) is 0.455. The van der Waals surface area contributed by atoms with Crippen LogP contribution in [0.2, 0.25) is 0 Å². The summed E-state index contributed by atoms with van der Waals surface area (Å²) in [5.74, 6) is 1.13. The molecule has 0 fully saturated rings. The van der Waals surface area contributed by atoms with Gasteiger partial charge in [0.15, 0.2) is 0 Å². The monoisotopic (exact) mass is 640 g/mol. The van der Waals surface area contributed by atoms with Gasteiger partial charge >= 0.3 is 0 Å². The Balaban J connectivity index is 0.000000314. The minimum Gasteiger partial charge on any atom is -0.508 e. The Hall–Kier alpha value is -3.72. The lowest BCUT2D eigenvalue weighted by molar-refractivity contribution is 0.465. The van der Waals surface area contributed by atoms with E-state index in [9.17, 15) is 10.2 Å². The summed E-state index contributed by atoms with van der Waals surface area (Å²) < 4.78 is 0. The van der Waals surface area contributed by atoms with Gasteiger partial charge in [-0.3, -0.25) is 0 Å². The van der Waals surface area contributed by atoms with Crippen molar-refractivity contribution in [1.82, 2.24) is 0 Å². The van der Waals surface area contributed by atoms with E-state index in [1.54, 1.807) is 18.2 Å². The third kappa shape index (κ3) is 14.3. The first kappa shape index (κ1) is 41.3. The first-order chi connectivity index (χ1) is 21.2. The molecule has 3 nitrogen and oxygen atoms in total. The zero-order valence-corrected chi connectivity index (χ0v) is 32.3. The van der Waals surface area contributed by atoms with Crippen LogP contribution in [-0.4, -0.2) is 15.3 Å². The second-order valence-corrected chi connectivity index (χ2v) is 16.9. The van der Waals surface area contributed by atoms with Crippen LogP contribution in [0.3, 0.4) is 0 Å². The summed E-state index contributed by atoms with van der Waals surface area (Å²) in [7, 11) is 0. The number of benzene rings is 4. The van der Waals surface area contributed by atoms with Crippen molar-refractivity contribution >= 4 is 0 Å². The summed E-state index contributed by atoms with van der Waals surface area (Å²) in [5.41, 5.74) is 10.2. The summed E-state index contributed by atoms with van der Waals surface area (Å²) in [6.07, 6.45) is 0. The number of hydrogen-bond donors (Lipinski definition) is 3. The fourth-order valence-corrected chi connectivity index (χ4v) is 4.58. The molecule has 4 aromatic rings. The van der Waals surface area contributed by atoms with Gasteiger partial charge in [0.2, 0.25) is 0 Å². The first-order valence-corrected chi connectivity index (χ1v) is 16.7. The summed E-state index contributed by atoms with van der Waals surface area (Å²) in [5, 5.41) is 27.9. The lowest BCUT2D eigenvalue weighted by Crippen LogP contribution is -2.11. The second-order valence-electron chi connectivity index (χ2n) is 16.9. The van der Waals surface area contributed by atoms with Gasteiger partial charge in [0.05, 0.1) is 0 Å². The predicted octanol–water partition coefficient (Wildman–Crippen LogP) is 12.3. The van der Waals surface area contributed by atoms with Gasteiger partial charge in [0.25, 0.3) is 0 Å². The van der Waals surface area contributed by atoms with E-state index < -0.39 is 0 Å². The highest BCUT2D eigenvalue weighted by molar-refractivity contribution is 5.44. The standard InChI is InChI=1S/C12H18O.C11H16O.C11H16.C10H14O/c1-8-6-10(12(3,4)5)7-9(2)11(8)13;1-8-7-9(11(2,3)4)5-6-10(8)12;1-9-6-5-7-10(8-9)11(2,3)4;1-10(2,3)8-4-6-9(11)7-5-8/h6-7,13H,1-5H3;5-7,12H,1-4H3;5-8H,1-4H3;4-7,11H,1-3H3. The van der Waals surface area contributed by atoms with Crippen LogP contribution in [0.5, 0.6) is 17.2 Å². The molecular formula is C44H64O3. The number of aromatic hydroxyl groups is 3. The molecule has 0 bridgehead atoms. The Labute approximate surface area is 287 Å². The van der Waals surface area contributed by atoms with Crippen LogP contribution in [0.25, 0.3) is 0 Å². The highest BCUT2D eigenvalue weighted by atomic mass is 16.3. The van der Waals surface area contributed by atoms with Crippen LogP contribution >= 0.6 is 0 Å². The Kier molecular flexibility index (Phi) is 14.4. The van der Waals surface area contributed by atoms with Crippen LogP contribution in [-0.2, 0) is 21.7 Å². The van der Waals surface area contributed by atoms with Crippen molar-refractivity contribution in [2.45, 2.75) is 132 Å². The molecule has 0 saturated carbocycles. The van der Waals surface area contributed by atoms with Crippen LogP contribution in [0.1, 0.15) is 128 Å². The summed E-state index contributed by atoms with van der Waals surface area (Å²) in [6, 6.07) is 25.9.